The van der Waals surface area contributed by atoms with Crippen molar-refractivity contribution in [3.8, 4) is 11.6 Å². The van der Waals surface area contributed by atoms with Crippen molar-refractivity contribution in [1.29, 1.82) is 0 Å². The highest BCUT2D eigenvalue weighted by Gasteiger charge is 2.28. The summed E-state index contributed by atoms with van der Waals surface area (Å²) in [6.45, 7) is 4.45. The van der Waals surface area contributed by atoms with Gasteiger partial charge >= 0.3 is 0 Å². The quantitative estimate of drug-likeness (QED) is 0.344. The van der Waals surface area contributed by atoms with Gasteiger partial charge in [0.25, 0.3) is 11.5 Å². The summed E-state index contributed by atoms with van der Waals surface area (Å²) in [5, 5.41) is 13.8. The van der Waals surface area contributed by atoms with Gasteiger partial charge in [-0.2, -0.15) is 4.98 Å². The Balaban J connectivity index is 1.28. The number of amides is 1. The lowest BCUT2D eigenvalue weighted by Crippen LogP contribution is -2.44. The summed E-state index contributed by atoms with van der Waals surface area (Å²) in [5.41, 5.74) is 2.68. The first-order valence-electron chi connectivity index (χ1n) is 14.5. The van der Waals surface area contributed by atoms with Crippen LogP contribution in [0.25, 0.3) is 16.9 Å². The van der Waals surface area contributed by atoms with Crippen LogP contribution in [-0.4, -0.2) is 86.6 Å². The van der Waals surface area contributed by atoms with Crippen molar-refractivity contribution in [1.82, 2.24) is 29.2 Å². The molecule has 0 radical (unpaired) electrons. The van der Waals surface area contributed by atoms with E-state index < -0.39 is 0 Å². The van der Waals surface area contributed by atoms with Crippen LogP contribution in [0, 0.1) is 0 Å². The van der Waals surface area contributed by atoms with Gasteiger partial charge < -0.3 is 25.0 Å². The SMILES string of the molecule is CN1CCN(c2ccc(Nc3ncc4c(=O)n5n(c4n3)-c3ccc4c(n3)N(CCC/C=C\C5)C(=O)CO4)cc2CO)CC1. The second-order valence-corrected chi connectivity index (χ2v) is 11.0. The third kappa shape index (κ3) is 5.00. The lowest BCUT2D eigenvalue weighted by molar-refractivity contribution is -0.121. The minimum atomic E-state index is -0.244. The number of hydrogen-bond donors (Lipinski definition) is 2. The van der Waals surface area contributed by atoms with E-state index in [0.29, 0.717) is 47.5 Å². The van der Waals surface area contributed by atoms with Crippen LogP contribution in [0.4, 0.5) is 23.1 Å². The lowest BCUT2D eigenvalue weighted by Gasteiger charge is -2.35. The molecule has 1 fully saturated rings. The van der Waals surface area contributed by atoms with Gasteiger partial charge in [-0.25, -0.2) is 19.3 Å². The van der Waals surface area contributed by atoms with Crippen LogP contribution >= 0.6 is 0 Å². The number of likely N-dealkylation sites (N-methyl/N-ethyl adjacent to an activating group) is 1. The number of allylic oxidation sites excluding steroid dienone is 2. The van der Waals surface area contributed by atoms with Gasteiger partial charge in [0.2, 0.25) is 5.95 Å². The molecule has 3 aromatic heterocycles. The van der Waals surface area contributed by atoms with Gasteiger partial charge in [-0.15, -0.1) is 0 Å². The van der Waals surface area contributed by atoms with E-state index in [4.69, 9.17) is 14.7 Å². The molecule has 1 amide bonds. The molecule has 3 aliphatic heterocycles. The Kier molecular flexibility index (Phi) is 7.03. The predicted molar refractivity (Wildman–Crippen MR) is 162 cm³/mol. The summed E-state index contributed by atoms with van der Waals surface area (Å²) in [6, 6.07) is 9.39. The van der Waals surface area contributed by atoms with E-state index in [0.717, 1.165) is 56.0 Å². The molecule has 2 bridgehead atoms. The molecule has 13 heteroatoms. The molecular weight excluding hydrogens is 550 g/mol. The Labute approximate surface area is 247 Å². The average Bonchev–Trinajstić information content (AvgIpc) is 3.29. The van der Waals surface area contributed by atoms with Crippen molar-refractivity contribution >= 4 is 40.1 Å². The molecule has 3 aliphatic rings. The van der Waals surface area contributed by atoms with E-state index >= 15 is 0 Å². The summed E-state index contributed by atoms with van der Waals surface area (Å²) in [7, 11) is 2.11. The van der Waals surface area contributed by atoms with Crippen LogP contribution in [0.5, 0.6) is 5.75 Å². The number of piperazine rings is 1. The minimum absolute atomic E-state index is 0.0301. The number of rotatable bonds is 4. The Hall–Kier alpha value is -4.75. The number of nitrogens with one attached hydrogen (secondary N) is 1. The molecule has 0 unspecified atom stereocenters. The number of benzene rings is 1. The van der Waals surface area contributed by atoms with Gasteiger partial charge in [-0.05, 0) is 50.2 Å². The van der Waals surface area contributed by atoms with E-state index in [1.165, 1.54) is 6.20 Å². The smallest absolute Gasteiger partial charge is 0.278 e. The van der Waals surface area contributed by atoms with Crippen LogP contribution in [0.3, 0.4) is 0 Å². The maximum atomic E-state index is 13.6. The van der Waals surface area contributed by atoms with E-state index in [9.17, 15) is 14.7 Å². The van der Waals surface area contributed by atoms with Crippen molar-refractivity contribution in [2.75, 3.05) is 61.5 Å². The molecule has 13 nitrogen and oxygen atoms in total. The first-order chi connectivity index (χ1) is 21.0. The minimum Gasteiger partial charge on any atom is -0.480 e. The van der Waals surface area contributed by atoms with E-state index in [1.807, 2.05) is 30.4 Å². The molecule has 0 saturated carbocycles. The molecule has 4 aromatic rings. The first-order valence-corrected chi connectivity index (χ1v) is 14.5. The fourth-order valence-electron chi connectivity index (χ4n) is 5.84. The average molecular weight is 584 g/mol. The normalized spacial score (nSPS) is 18.0. The number of fused-ring (bicyclic) bond motifs is 5. The molecular formula is C30H33N9O4. The first kappa shape index (κ1) is 27.1. The highest BCUT2D eigenvalue weighted by atomic mass is 16.5. The number of aromatic nitrogens is 5. The molecule has 0 atom stereocenters. The number of nitrogens with zero attached hydrogens (tertiary/aromatic N) is 8. The monoisotopic (exact) mass is 583 g/mol. The van der Waals surface area contributed by atoms with Crippen molar-refractivity contribution in [2.24, 2.45) is 0 Å². The molecule has 2 N–H and O–H groups in total. The Morgan fingerprint density at radius 3 is 2.72 bits per heavy atom. The number of hydrogen-bond acceptors (Lipinski definition) is 10. The fraction of sp³-hybridized carbons (Fsp3) is 0.367. The molecule has 0 spiro atoms. The molecule has 1 aromatic carbocycles. The number of ether oxygens (including phenoxy) is 1. The van der Waals surface area contributed by atoms with Gasteiger partial charge in [-0.3, -0.25) is 14.5 Å². The van der Waals surface area contributed by atoms with Crippen molar-refractivity contribution < 1.29 is 14.6 Å². The summed E-state index contributed by atoms with van der Waals surface area (Å²) in [4.78, 5) is 46.5. The Morgan fingerprint density at radius 2 is 1.88 bits per heavy atom. The Bertz CT molecular complexity index is 1790. The maximum absolute atomic E-state index is 13.6. The van der Waals surface area contributed by atoms with E-state index in [-0.39, 0.29) is 24.7 Å². The molecule has 6 heterocycles. The number of aliphatic hydroxyl groups is 1. The van der Waals surface area contributed by atoms with E-state index in [2.05, 4.69) is 27.1 Å². The molecule has 0 aliphatic carbocycles. The maximum Gasteiger partial charge on any atom is 0.278 e. The van der Waals surface area contributed by atoms with E-state index in [1.54, 1.807) is 26.4 Å². The third-order valence-corrected chi connectivity index (χ3v) is 8.17. The van der Waals surface area contributed by atoms with Gasteiger partial charge in [0.15, 0.2) is 29.6 Å². The zero-order valence-electron chi connectivity index (χ0n) is 23.9. The Morgan fingerprint density at radius 1 is 1.02 bits per heavy atom. The van der Waals surface area contributed by atoms with Gasteiger partial charge in [0.05, 0.1) is 13.2 Å². The van der Waals surface area contributed by atoms with Crippen LogP contribution in [0.1, 0.15) is 18.4 Å². The zero-order valence-corrected chi connectivity index (χ0v) is 23.9. The third-order valence-electron chi connectivity index (χ3n) is 8.17. The topological polar surface area (TPSA) is 134 Å². The fourth-order valence-corrected chi connectivity index (χ4v) is 5.84. The van der Waals surface area contributed by atoms with Crippen LogP contribution in [-0.2, 0) is 17.9 Å². The molecule has 1 saturated heterocycles. The largest absolute Gasteiger partial charge is 0.480 e. The van der Waals surface area contributed by atoms with Crippen molar-refractivity contribution in [3.63, 3.8) is 0 Å². The zero-order chi connectivity index (χ0) is 29.5. The molecule has 222 valence electrons. The second-order valence-electron chi connectivity index (χ2n) is 11.0. The van der Waals surface area contributed by atoms with Crippen LogP contribution in [0.2, 0.25) is 0 Å². The van der Waals surface area contributed by atoms with Gasteiger partial charge in [-0.1, -0.05) is 12.2 Å². The van der Waals surface area contributed by atoms with Crippen LogP contribution in [0.15, 0.2) is 53.5 Å². The molecule has 43 heavy (non-hydrogen) atoms. The predicted octanol–water partition coefficient (Wildman–Crippen LogP) is 2.04. The van der Waals surface area contributed by atoms with Crippen LogP contribution < -0.4 is 25.4 Å². The summed E-state index contributed by atoms with van der Waals surface area (Å²) in [5.74, 6) is 1.54. The van der Waals surface area contributed by atoms with Gasteiger partial charge in [0.1, 0.15) is 5.39 Å². The summed E-state index contributed by atoms with van der Waals surface area (Å²) in [6.07, 6.45) is 7.00. The number of anilines is 4. The molecule has 7 rings (SSSR count). The second kappa shape index (κ2) is 11.2. The number of pyridine rings is 1. The number of carbonyl (C=O) groups excluding carboxylic acids is 1. The highest BCUT2D eigenvalue weighted by molar-refractivity contribution is 5.96. The number of aliphatic hydroxyl groups excluding tert-OH is 1. The lowest BCUT2D eigenvalue weighted by atomic mass is 10.1. The van der Waals surface area contributed by atoms with Crippen molar-refractivity contribution in [2.45, 2.75) is 26.0 Å². The van der Waals surface area contributed by atoms with Gasteiger partial charge in [0, 0.05) is 55.9 Å². The van der Waals surface area contributed by atoms with Crippen molar-refractivity contribution in [3.05, 3.63) is 64.6 Å². The summed E-state index contributed by atoms with van der Waals surface area (Å²) < 4.78 is 8.89. The summed E-state index contributed by atoms with van der Waals surface area (Å²) >= 11 is 0. The number of carbonyl (C=O) groups is 1. The standard InChI is InChI=1S/C30H33N9O4/c1-35-12-14-36(15-13-35)23-7-6-21(16-20(23)18-40)32-30-31-17-22-27(34-30)39-25-9-8-24-28(33-25)37(26(41)19-43-24)10-4-2-3-5-11-38(39)29(22)42/h3,5-9,16-17,40H,2,4,10-15,18-19H2,1H3,(H,31,32,34)/b5-3-. The highest BCUT2D eigenvalue weighted by Crippen LogP contribution is 2.32.